The predicted octanol–water partition coefficient (Wildman–Crippen LogP) is 15.6. The van der Waals surface area contributed by atoms with Crippen molar-refractivity contribution in [2.24, 2.45) is 0 Å². The Morgan fingerprint density at radius 3 is 1.03 bits per heavy atom. The zero-order valence-corrected chi connectivity index (χ0v) is 37.6. The standard InChI is InChI=1S/C63H39N7/c1-2-16-40(17-3-1)42-32-36-51-49-22-5-11-25-54(49)68(59(51)38-42)44-35-37-52-50-23-4-10-24-53(50)67(60(52)39-44)43-33-30-41(31-34-43)61-64-62(69-55-26-12-6-18-45(55)46-19-7-13-27-56(46)69)66-63(65-61)70-57-28-14-8-20-47(57)48-21-9-15-29-58(48)70/h1-39H. The Hall–Kier alpha value is -9.59. The Bertz CT molecular complexity index is 4350. The molecule has 7 heteroatoms. The van der Waals surface area contributed by atoms with Crippen molar-refractivity contribution in [3.8, 4) is 45.8 Å². The molecule has 0 atom stereocenters. The van der Waals surface area contributed by atoms with Crippen molar-refractivity contribution in [1.29, 1.82) is 0 Å². The molecule has 0 spiro atoms. The molecule has 0 aliphatic carbocycles. The maximum atomic E-state index is 5.36. The lowest BCUT2D eigenvalue weighted by Crippen LogP contribution is -2.10. The van der Waals surface area contributed by atoms with E-state index >= 15 is 0 Å². The highest BCUT2D eigenvalue weighted by molar-refractivity contribution is 6.13. The van der Waals surface area contributed by atoms with Gasteiger partial charge in [0.05, 0.1) is 44.1 Å². The molecule has 326 valence electrons. The highest BCUT2D eigenvalue weighted by Crippen LogP contribution is 2.39. The number of hydrogen-bond donors (Lipinski definition) is 0. The fourth-order valence-corrected chi connectivity index (χ4v) is 11.2. The van der Waals surface area contributed by atoms with Gasteiger partial charge in [-0.15, -0.1) is 0 Å². The first-order valence-corrected chi connectivity index (χ1v) is 23.7. The number of rotatable bonds is 6. The minimum absolute atomic E-state index is 0.555. The van der Waals surface area contributed by atoms with E-state index in [0.29, 0.717) is 17.7 Å². The maximum absolute atomic E-state index is 5.36. The van der Waals surface area contributed by atoms with Gasteiger partial charge in [-0.25, -0.2) is 0 Å². The largest absolute Gasteiger partial charge is 0.309 e. The van der Waals surface area contributed by atoms with Crippen LogP contribution in [0.5, 0.6) is 0 Å². The van der Waals surface area contributed by atoms with Crippen LogP contribution in [0.15, 0.2) is 237 Å². The number of benzene rings is 10. The van der Waals surface area contributed by atoms with Gasteiger partial charge in [0.15, 0.2) is 5.82 Å². The van der Waals surface area contributed by atoms with Crippen LogP contribution in [0.1, 0.15) is 0 Å². The van der Waals surface area contributed by atoms with Crippen molar-refractivity contribution in [1.82, 2.24) is 33.2 Å². The third kappa shape index (κ3) is 5.66. The summed E-state index contributed by atoms with van der Waals surface area (Å²) in [6.07, 6.45) is 0. The van der Waals surface area contributed by atoms with Gasteiger partial charge in [0.25, 0.3) is 0 Å². The summed E-state index contributed by atoms with van der Waals surface area (Å²) in [5.41, 5.74) is 14.2. The van der Waals surface area contributed by atoms with Crippen LogP contribution in [0.25, 0.3) is 133 Å². The highest BCUT2D eigenvalue weighted by atomic mass is 15.3. The summed E-state index contributed by atoms with van der Waals surface area (Å²) >= 11 is 0. The Morgan fingerprint density at radius 1 is 0.214 bits per heavy atom. The Balaban J connectivity index is 0.925. The maximum Gasteiger partial charge on any atom is 0.240 e. The van der Waals surface area contributed by atoms with Crippen LogP contribution in [0.3, 0.4) is 0 Å². The molecule has 0 aliphatic heterocycles. The summed E-state index contributed by atoms with van der Waals surface area (Å²) < 4.78 is 9.17. The zero-order valence-electron chi connectivity index (χ0n) is 37.6. The second-order valence-corrected chi connectivity index (χ2v) is 18.0. The number of para-hydroxylation sites is 6. The molecule has 15 aromatic rings. The summed E-state index contributed by atoms with van der Waals surface area (Å²) in [6, 6.07) is 84.5. The van der Waals surface area contributed by atoms with Crippen molar-refractivity contribution in [3.05, 3.63) is 237 Å². The van der Waals surface area contributed by atoms with Crippen LogP contribution in [-0.4, -0.2) is 33.2 Å². The molecule has 0 saturated carbocycles. The SMILES string of the molecule is c1ccc(-c2ccc3c4ccccc4n(-c4ccc5c6ccccc6n(-c6ccc(-c7nc(-n8c9ccccc9c9ccccc98)nc(-n8c9ccccc9c9ccccc98)n7)cc6)c5c4)c3c2)cc1. The first-order valence-electron chi connectivity index (χ1n) is 23.7. The van der Waals surface area contributed by atoms with Gasteiger partial charge >= 0.3 is 0 Å². The van der Waals surface area contributed by atoms with Gasteiger partial charge in [-0.2, -0.15) is 15.0 Å². The van der Waals surface area contributed by atoms with Gasteiger partial charge in [0, 0.05) is 60.0 Å². The van der Waals surface area contributed by atoms with Gasteiger partial charge in [-0.3, -0.25) is 9.13 Å². The number of nitrogens with zero attached hydrogens (tertiary/aromatic N) is 7. The molecule has 0 aliphatic rings. The van der Waals surface area contributed by atoms with Gasteiger partial charge in [0.2, 0.25) is 11.9 Å². The summed E-state index contributed by atoms with van der Waals surface area (Å²) in [5.74, 6) is 1.69. The Labute approximate surface area is 401 Å². The zero-order chi connectivity index (χ0) is 45.9. The molecule has 7 nitrogen and oxygen atoms in total. The monoisotopic (exact) mass is 893 g/mol. The first kappa shape index (κ1) is 38.5. The van der Waals surface area contributed by atoms with Crippen LogP contribution in [-0.2, 0) is 0 Å². The van der Waals surface area contributed by atoms with Crippen molar-refractivity contribution in [2.75, 3.05) is 0 Å². The summed E-state index contributed by atoms with van der Waals surface area (Å²) in [7, 11) is 0. The molecular formula is C63H39N7. The first-order chi connectivity index (χ1) is 34.7. The minimum Gasteiger partial charge on any atom is -0.309 e. The van der Waals surface area contributed by atoms with Gasteiger partial charge in [-0.05, 0) is 90.0 Å². The van der Waals surface area contributed by atoms with Crippen LogP contribution in [0.2, 0.25) is 0 Å². The molecule has 0 N–H and O–H groups in total. The van der Waals surface area contributed by atoms with Crippen molar-refractivity contribution in [3.63, 3.8) is 0 Å². The fraction of sp³-hybridized carbons (Fsp3) is 0. The Morgan fingerprint density at radius 2 is 0.557 bits per heavy atom. The summed E-state index contributed by atoms with van der Waals surface area (Å²) in [5, 5.41) is 9.44. The number of hydrogen-bond acceptors (Lipinski definition) is 3. The van der Waals surface area contributed by atoms with Crippen LogP contribution in [0, 0.1) is 0 Å². The molecule has 0 fully saturated rings. The average molecular weight is 894 g/mol. The molecular weight excluding hydrogens is 855 g/mol. The van der Waals surface area contributed by atoms with E-state index < -0.39 is 0 Å². The molecule has 10 aromatic carbocycles. The van der Waals surface area contributed by atoms with E-state index in [9.17, 15) is 0 Å². The topological polar surface area (TPSA) is 58.4 Å². The lowest BCUT2D eigenvalue weighted by atomic mass is 10.0. The van der Waals surface area contributed by atoms with Crippen LogP contribution < -0.4 is 0 Å². The quantitative estimate of drug-likeness (QED) is 0.167. The lowest BCUT2D eigenvalue weighted by molar-refractivity contribution is 0.893. The van der Waals surface area contributed by atoms with E-state index in [0.717, 1.165) is 71.6 Å². The van der Waals surface area contributed by atoms with Gasteiger partial charge in [0.1, 0.15) is 0 Å². The third-order valence-electron chi connectivity index (χ3n) is 14.3. The molecule has 5 heterocycles. The van der Waals surface area contributed by atoms with Crippen LogP contribution in [0.4, 0.5) is 0 Å². The molecule has 15 rings (SSSR count). The molecule has 0 unspecified atom stereocenters. The van der Waals surface area contributed by atoms with E-state index in [1.165, 1.54) is 43.7 Å². The van der Waals surface area contributed by atoms with Gasteiger partial charge < -0.3 is 9.13 Å². The van der Waals surface area contributed by atoms with Crippen molar-refractivity contribution >= 4 is 87.2 Å². The molecule has 5 aromatic heterocycles. The summed E-state index contributed by atoms with van der Waals surface area (Å²) in [4.78, 5) is 16.0. The van der Waals surface area contributed by atoms with E-state index in [4.69, 9.17) is 15.0 Å². The summed E-state index contributed by atoms with van der Waals surface area (Å²) in [6.45, 7) is 0. The Kier molecular flexibility index (Phi) is 8.23. The molecule has 0 radical (unpaired) electrons. The molecule has 0 amide bonds. The van der Waals surface area contributed by atoms with Crippen molar-refractivity contribution in [2.45, 2.75) is 0 Å². The normalized spacial score (nSPS) is 12.0. The fourth-order valence-electron chi connectivity index (χ4n) is 11.2. The highest BCUT2D eigenvalue weighted by Gasteiger charge is 2.22. The van der Waals surface area contributed by atoms with E-state index in [1.54, 1.807) is 0 Å². The number of fused-ring (bicyclic) bond motifs is 12. The van der Waals surface area contributed by atoms with E-state index in [1.807, 2.05) is 0 Å². The molecule has 70 heavy (non-hydrogen) atoms. The molecule has 0 bridgehead atoms. The van der Waals surface area contributed by atoms with Crippen molar-refractivity contribution < 1.29 is 0 Å². The lowest BCUT2D eigenvalue weighted by Gasteiger charge is -2.14. The van der Waals surface area contributed by atoms with Gasteiger partial charge in [-0.1, -0.05) is 158 Å². The second kappa shape index (κ2) is 15.0. The number of aromatic nitrogens is 7. The van der Waals surface area contributed by atoms with E-state index in [-0.39, 0.29) is 0 Å². The van der Waals surface area contributed by atoms with E-state index in [2.05, 4.69) is 255 Å². The van der Waals surface area contributed by atoms with Crippen LogP contribution >= 0.6 is 0 Å². The smallest absolute Gasteiger partial charge is 0.240 e. The minimum atomic E-state index is 0.555. The molecule has 0 saturated heterocycles. The second-order valence-electron chi connectivity index (χ2n) is 18.0. The third-order valence-corrected chi connectivity index (χ3v) is 14.3. The average Bonchev–Trinajstić information content (AvgIpc) is 4.16. The predicted molar refractivity (Wildman–Crippen MR) is 288 cm³/mol.